The lowest BCUT2D eigenvalue weighted by Gasteiger charge is -2.14. The van der Waals surface area contributed by atoms with E-state index in [0.717, 1.165) is 11.1 Å². The van der Waals surface area contributed by atoms with Crippen LogP contribution in [0.15, 0.2) is 47.6 Å². The molecule has 0 saturated heterocycles. The number of hydrogen-bond acceptors (Lipinski definition) is 6. The van der Waals surface area contributed by atoms with Gasteiger partial charge >= 0.3 is 0 Å². The van der Waals surface area contributed by atoms with Gasteiger partial charge in [-0.15, -0.1) is 0 Å². The number of hydrogen-bond donors (Lipinski definition) is 1. The number of carbonyl (C=O) groups excluding carboxylic acids is 1. The minimum absolute atomic E-state index is 0.204. The number of benzene rings is 2. The minimum Gasteiger partial charge on any atom is -0.493 e. The highest BCUT2D eigenvalue weighted by Gasteiger charge is 2.29. The number of nitrogens with one attached hydrogen (secondary N) is 1. The Morgan fingerprint density at radius 1 is 1.11 bits per heavy atom. The number of ether oxygens (including phenoxy) is 3. The molecule has 2 aromatic carbocycles. The lowest BCUT2D eigenvalue weighted by molar-refractivity contribution is -0.131. The second-order valence-corrected chi connectivity index (χ2v) is 5.95. The molecular formula is C20H22N2O5. The van der Waals surface area contributed by atoms with E-state index in [-0.39, 0.29) is 5.91 Å². The summed E-state index contributed by atoms with van der Waals surface area (Å²) < 4.78 is 16.0. The zero-order valence-electron chi connectivity index (χ0n) is 15.5. The van der Waals surface area contributed by atoms with Crippen LogP contribution < -0.4 is 19.5 Å². The fourth-order valence-corrected chi connectivity index (χ4v) is 2.84. The van der Waals surface area contributed by atoms with Crippen molar-refractivity contribution in [2.75, 3.05) is 21.3 Å². The number of carbonyl (C=O) groups is 1. The van der Waals surface area contributed by atoms with Gasteiger partial charge in [0.05, 0.1) is 27.0 Å². The molecule has 1 heterocycles. The third-order valence-corrected chi connectivity index (χ3v) is 4.27. The smallest absolute Gasteiger partial charge is 0.264 e. The quantitative estimate of drug-likeness (QED) is 0.810. The molecule has 1 aliphatic heterocycles. The molecule has 1 unspecified atom stereocenters. The molecule has 0 aromatic heterocycles. The van der Waals surface area contributed by atoms with Crippen molar-refractivity contribution in [3.8, 4) is 17.2 Å². The van der Waals surface area contributed by atoms with Crippen molar-refractivity contribution in [2.45, 2.75) is 19.1 Å². The summed E-state index contributed by atoms with van der Waals surface area (Å²) in [6, 6.07) is 13.3. The van der Waals surface area contributed by atoms with Gasteiger partial charge in [0.25, 0.3) is 5.91 Å². The molecule has 1 aliphatic rings. The molecule has 2 aromatic rings. The molecule has 0 saturated carbocycles. The Hall–Kier alpha value is -3.22. The number of rotatable bonds is 7. The second kappa shape index (κ2) is 8.44. The highest BCUT2D eigenvalue weighted by atomic mass is 16.6. The van der Waals surface area contributed by atoms with Crippen molar-refractivity contribution >= 4 is 11.6 Å². The zero-order chi connectivity index (χ0) is 19.2. The van der Waals surface area contributed by atoms with E-state index in [2.05, 4.69) is 10.5 Å². The molecular weight excluding hydrogens is 348 g/mol. The van der Waals surface area contributed by atoms with Crippen LogP contribution in [0.3, 0.4) is 0 Å². The Morgan fingerprint density at radius 3 is 2.37 bits per heavy atom. The summed E-state index contributed by atoms with van der Waals surface area (Å²) >= 11 is 0. The van der Waals surface area contributed by atoms with E-state index in [4.69, 9.17) is 19.0 Å². The summed E-state index contributed by atoms with van der Waals surface area (Å²) in [6.07, 6.45) is -0.304. The topological polar surface area (TPSA) is 78.4 Å². The third kappa shape index (κ3) is 4.13. The van der Waals surface area contributed by atoms with Crippen LogP contribution in [0.5, 0.6) is 17.2 Å². The predicted molar refractivity (Wildman–Crippen MR) is 100 cm³/mol. The highest BCUT2D eigenvalue weighted by molar-refractivity contribution is 6.04. The average Bonchev–Trinajstić information content (AvgIpc) is 3.22. The molecule has 0 aliphatic carbocycles. The van der Waals surface area contributed by atoms with Gasteiger partial charge in [-0.1, -0.05) is 35.5 Å². The summed E-state index contributed by atoms with van der Waals surface area (Å²) in [7, 11) is 4.64. The number of nitrogens with zero attached hydrogens (tertiary/aromatic N) is 1. The fraction of sp³-hybridized carbons (Fsp3) is 0.300. The van der Waals surface area contributed by atoms with Gasteiger partial charge in [0, 0.05) is 18.5 Å². The monoisotopic (exact) mass is 370 g/mol. The largest absolute Gasteiger partial charge is 0.493 e. The molecule has 3 rings (SSSR count). The van der Waals surface area contributed by atoms with E-state index in [9.17, 15) is 4.79 Å². The maximum absolute atomic E-state index is 12.4. The van der Waals surface area contributed by atoms with Crippen LogP contribution in [-0.2, 0) is 16.2 Å². The first-order chi connectivity index (χ1) is 13.2. The van der Waals surface area contributed by atoms with Gasteiger partial charge in [-0.3, -0.25) is 4.79 Å². The van der Waals surface area contributed by atoms with Crippen LogP contribution in [0.1, 0.15) is 17.5 Å². The molecule has 7 heteroatoms. The summed E-state index contributed by atoms with van der Waals surface area (Å²) in [5.74, 6) is 1.34. The van der Waals surface area contributed by atoms with E-state index in [1.165, 1.54) is 0 Å². The molecule has 0 spiro atoms. The Balaban J connectivity index is 1.67. The SMILES string of the molecule is COc1cc(C2=NOC(C(=O)NCc3ccccc3)C2)cc(OC)c1OC. The van der Waals surface area contributed by atoms with Gasteiger partial charge in [-0.05, 0) is 17.7 Å². The average molecular weight is 370 g/mol. The standard InChI is InChI=1S/C20H22N2O5/c1-24-16-9-14(10-17(25-2)19(16)26-3)15-11-18(27-22-15)20(23)21-12-13-7-5-4-6-8-13/h4-10,18H,11-12H2,1-3H3,(H,21,23). The van der Waals surface area contributed by atoms with Crippen molar-refractivity contribution in [3.63, 3.8) is 0 Å². The summed E-state index contributed by atoms with van der Waals surface area (Å²) in [5, 5.41) is 6.94. The van der Waals surface area contributed by atoms with Crippen molar-refractivity contribution in [1.29, 1.82) is 0 Å². The molecule has 1 N–H and O–H groups in total. The maximum Gasteiger partial charge on any atom is 0.264 e. The molecule has 0 fully saturated rings. The van der Waals surface area contributed by atoms with Gasteiger partial charge < -0.3 is 24.4 Å². The van der Waals surface area contributed by atoms with Gasteiger partial charge in [-0.2, -0.15) is 0 Å². The normalized spacial score (nSPS) is 15.5. The van der Waals surface area contributed by atoms with Crippen LogP contribution in [0.2, 0.25) is 0 Å². The first-order valence-electron chi connectivity index (χ1n) is 8.51. The summed E-state index contributed by atoms with van der Waals surface area (Å²) in [5.41, 5.74) is 2.42. The van der Waals surface area contributed by atoms with Gasteiger partial charge in [0.1, 0.15) is 0 Å². The molecule has 7 nitrogen and oxygen atoms in total. The predicted octanol–water partition coefficient (Wildman–Crippen LogP) is 2.52. The Labute approximate surface area is 157 Å². The number of amides is 1. The highest BCUT2D eigenvalue weighted by Crippen LogP contribution is 2.39. The molecule has 0 bridgehead atoms. The first kappa shape index (κ1) is 18.6. The van der Waals surface area contributed by atoms with E-state index in [1.807, 2.05) is 30.3 Å². The number of oxime groups is 1. The van der Waals surface area contributed by atoms with Gasteiger partial charge in [0.15, 0.2) is 11.5 Å². The number of methoxy groups -OCH3 is 3. The molecule has 1 amide bonds. The van der Waals surface area contributed by atoms with Crippen molar-refractivity contribution in [2.24, 2.45) is 5.16 Å². The summed E-state index contributed by atoms with van der Waals surface area (Å²) in [6.45, 7) is 0.444. The van der Waals surface area contributed by atoms with Crippen molar-refractivity contribution in [3.05, 3.63) is 53.6 Å². The minimum atomic E-state index is -0.664. The molecule has 1 atom stereocenters. The van der Waals surface area contributed by atoms with Crippen LogP contribution in [0.25, 0.3) is 0 Å². The molecule has 27 heavy (non-hydrogen) atoms. The maximum atomic E-state index is 12.4. The van der Waals surface area contributed by atoms with E-state index >= 15 is 0 Å². The molecule has 142 valence electrons. The third-order valence-electron chi connectivity index (χ3n) is 4.27. The Morgan fingerprint density at radius 2 is 1.78 bits per heavy atom. The Kier molecular flexibility index (Phi) is 5.80. The zero-order valence-corrected chi connectivity index (χ0v) is 15.5. The van der Waals surface area contributed by atoms with E-state index in [1.54, 1.807) is 33.5 Å². The van der Waals surface area contributed by atoms with Crippen LogP contribution in [0.4, 0.5) is 0 Å². The van der Waals surface area contributed by atoms with Gasteiger partial charge in [0.2, 0.25) is 11.9 Å². The second-order valence-electron chi connectivity index (χ2n) is 5.95. The lowest BCUT2D eigenvalue weighted by atomic mass is 10.0. The van der Waals surface area contributed by atoms with Crippen molar-refractivity contribution < 1.29 is 23.8 Å². The van der Waals surface area contributed by atoms with E-state index < -0.39 is 6.10 Å². The van der Waals surface area contributed by atoms with Crippen molar-refractivity contribution in [1.82, 2.24) is 5.32 Å². The Bertz CT molecular complexity index is 811. The van der Waals surface area contributed by atoms with Crippen LogP contribution in [0, 0.1) is 0 Å². The first-order valence-corrected chi connectivity index (χ1v) is 8.51. The summed E-state index contributed by atoms with van der Waals surface area (Å²) in [4.78, 5) is 17.7. The van der Waals surface area contributed by atoms with E-state index in [0.29, 0.717) is 35.9 Å². The fourth-order valence-electron chi connectivity index (χ4n) is 2.84. The van der Waals surface area contributed by atoms with Crippen LogP contribution in [-0.4, -0.2) is 39.1 Å². The van der Waals surface area contributed by atoms with Gasteiger partial charge in [-0.25, -0.2) is 0 Å². The van der Waals surface area contributed by atoms with Crippen LogP contribution >= 0.6 is 0 Å². The lowest BCUT2D eigenvalue weighted by Crippen LogP contribution is -2.34. The molecule has 0 radical (unpaired) electrons.